The Kier molecular flexibility index (Phi) is 3.36. The van der Waals surface area contributed by atoms with Gasteiger partial charge in [-0.25, -0.2) is 0 Å². The molecule has 3 N–H and O–H groups in total. The Morgan fingerprint density at radius 1 is 1.48 bits per heavy atom. The van der Waals surface area contributed by atoms with Gasteiger partial charge in [-0.15, -0.1) is 0 Å². The number of rotatable bonds is 5. The molecule has 0 radical (unpaired) electrons. The number of hydrogen-bond acceptors (Lipinski definition) is 5. The quantitative estimate of drug-likeness (QED) is 0.749. The first-order valence-corrected chi connectivity index (χ1v) is 6.93. The predicted molar refractivity (Wildman–Crippen MR) is 72.7 cm³/mol. The van der Waals surface area contributed by atoms with E-state index in [1.165, 1.54) is 0 Å². The number of carbonyl (C=O) groups is 1. The highest BCUT2D eigenvalue weighted by Gasteiger charge is 2.29. The van der Waals surface area contributed by atoms with Crippen LogP contribution in [-0.4, -0.2) is 26.2 Å². The van der Waals surface area contributed by atoms with E-state index in [2.05, 4.69) is 25.7 Å². The van der Waals surface area contributed by atoms with Crippen molar-refractivity contribution in [3.05, 3.63) is 33.3 Å². The van der Waals surface area contributed by atoms with Crippen molar-refractivity contribution in [2.75, 3.05) is 0 Å². The zero-order valence-electron chi connectivity index (χ0n) is 11.9. The molecule has 112 valence electrons. The second kappa shape index (κ2) is 5.19. The molecule has 1 atom stereocenters. The standard InChI is InChI=1S/C13H17N5O3/c1-6-9(12(20)17-16-6)5-10(19)14-7(2)13-15-11(18-21-13)8-3-4-8/h7-8H,3-5H2,1-2H3,(H,14,19)(H2,16,17,20)/t7-/m1/s1. The van der Waals surface area contributed by atoms with Crippen molar-refractivity contribution in [2.24, 2.45) is 0 Å². The van der Waals surface area contributed by atoms with Crippen LogP contribution in [0.25, 0.3) is 0 Å². The lowest BCUT2D eigenvalue weighted by atomic mass is 10.1. The molecule has 1 fully saturated rings. The van der Waals surface area contributed by atoms with Crippen molar-refractivity contribution in [3.63, 3.8) is 0 Å². The summed E-state index contributed by atoms with van der Waals surface area (Å²) in [7, 11) is 0. The van der Waals surface area contributed by atoms with E-state index in [4.69, 9.17) is 4.52 Å². The maximum Gasteiger partial charge on any atom is 0.267 e. The molecular weight excluding hydrogens is 274 g/mol. The number of H-pyrrole nitrogens is 2. The molecule has 3 rings (SSSR count). The minimum Gasteiger partial charge on any atom is -0.344 e. The van der Waals surface area contributed by atoms with Gasteiger partial charge in [-0.3, -0.25) is 14.7 Å². The van der Waals surface area contributed by atoms with Gasteiger partial charge in [-0.05, 0) is 26.7 Å². The third kappa shape index (κ3) is 2.88. The minimum atomic E-state index is -0.379. The summed E-state index contributed by atoms with van der Waals surface area (Å²) >= 11 is 0. The van der Waals surface area contributed by atoms with Crippen molar-refractivity contribution >= 4 is 5.91 Å². The average Bonchev–Trinajstić information content (AvgIpc) is 3.10. The van der Waals surface area contributed by atoms with Crippen molar-refractivity contribution < 1.29 is 9.32 Å². The summed E-state index contributed by atoms with van der Waals surface area (Å²) in [5.74, 6) is 1.25. The normalized spacial score (nSPS) is 15.9. The zero-order chi connectivity index (χ0) is 15.0. The zero-order valence-corrected chi connectivity index (χ0v) is 11.9. The monoisotopic (exact) mass is 291 g/mol. The van der Waals surface area contributed by atoms with Crippen molar-refractivity contribution in [1.82, 2.24) is 25.7 Å². The first-order chi connectivity index (χ1) is 10.0. The topological polar surface area (TPSA) is 117 Å². The first-order valence-electron chi connectivity index (χ1n) is 6.93. The van der Waals surface area contributed by atoms with Gasteiger partial charge in [0.1, 0.15) is 6.04 Å². The van der Waals surface area contributed by atoms with E-state index < -0.39 is 0 Å². The number of hydrogen-bond donors (Lipinski definition) is 3. The van der Waals surface area contributed by atoms with Crippen LogP contribution in [0.1, 0.15) is 54.7 Å². The molecule has 1 aliphatic rings. The number of aromatic amines is 2. The Hall–Kier alpha value is -2.38. The number of nitrogens with one attached hydrogen (secondary N) is 3. The van der Waals surface area contributed by atoms with Gasteiger partial charge in [0.05, 0.1) is 6.42 Å². The average molecular weight is 291 g/mol. The number of aromatic nitrogens is 4. The Labute approximate surface area is 120 Å². The fourth-order valence-electron chi connectivity index (χ4n) is 2.13. The largest absolute Gasteiger partial charge is 0.344 e. The predicted octanol–water partition coefficient (Wildman–Crippen LogP) is 0.692. The van der Waals surface area contributed by atoms with Crippen molar-refractivity contribution in [2.45, 2.75) is 45.1 Å². The van der Waals surface area contributed by atoms with Crippen molar-refractivity contribution in [3.8, 4) is 0 Å². The Bertz CT molecular complexity index is 709. The van der Waals surface area contributed by atoms with E-state index in [9.17, 15) is 9.59 Å². The molecule has 0 aromatic carbocycles. The summed E-state index contributed by atoms with van der Waals surface area (Å²) in [4.78, 5) is 27.8. The molecule has 1 amide bonds. The third-order valence-corrected chi connectivity index (χ3v) is 3.58. The van der Waals surface area contributed by atoms with E-state index in [-0.39, 0.29) is 23.9 Å². The third-order valence-electron chi connectivity index (χ3n) is 3.58. The molecule has 2 aromatic rings. The molecule has 0 bridgehead atoms. The van der Waals surface area contributed by atoms with Crippen LogP contribution in [0.5, 0.6) is 0 Å². The molecule has 2 aromatic heterocycles. The van der Waals surface area contributed by atoms with Gasteiger partial charge < -0.3 is 14.9 Å². The first kappa shape index (κ1) is 13.6. The van der Waals surface area contributed by atoms with Gasteiger partial charge in [-0.1, -0.05) is 5.16 Å². The number of amides is 1. The SMILES string of the molecule is Cc1[nH][nH]c(=O)c1CC(=O)N[C@H](C)c1nc(C2CC2)no1. The lowest BCUT2D eigenvalue weighted by molar-refractivity contribution is -0.121. The molecule has 8 nitrogen and oxygen atoms in total. The lowest BCUT2D eigenvalue weighted by Gasteiger charge is -2.08. The second-order valence-corrected chi connectivity index (χ2v) is 5.41. The van der Waals surface area contributed by atoms with Crippen LogP contribution < -0.4 is 10.9 Å². The summed E-state index contributed by atoms with van der Waals surface area (Å²) in [6.45, 7) is 3.51. The Balaban J connectivity index is 1.62. The van der Waals surface area contributed by atoms with Crippen LogP contribution in [0.15, 0.2) is 9.32 Å². The number of aryl methyl sites for hydroxylation is 1. The van der Waals surface area contributed by atoms with Crippen LogP contribution in [0.2, 0.25) is 0 Å². The van der Waals surface area contributed by atoms with Crippen LogP contribution in [0, 0.1) is 6.92 Å². The van der Waals surface area contributed by atoms with Gasteiger partial charge in [0.2, 0.25) is 11.8 Å². The fraction of sp³-hybridized carbons (Fsp3) is 0.538. The highest BCUT2D eigenvalue weighted by Crippen LogP contribution is 2.38. The summed E-state index contributed by atoms with van der Waals surface area (Å²) < 4.78 is 5.16. The van der Waals surface area contributed by atoms with Crippen LogP contribution >= 0.6 is 0 Å². The molecule has 1 aliphatic carbocycles. The second-order valence-electron chi connectivity index (χ2n) is 5.41. The van der Waals surface area contributed by atoms with E-state index >= 15 is 0 Å². The van der Waals surface area contributed by atoms with E-state index in [1.807, 2.05) is 0 Å². The highest BCUT2D eigenvalue weighted by atomic mass is 16.5. The number of carbonyl (C=O) groups excluding carboxylic acids is 1. The number of nitrogens with zero attached hydrogens (tertiary/aromatic N) is 2. The molecule has 0 unspecified atom stereocenters. The molecular formula is C13H17N5O3. The maximum atomic E-state index is 12.0. The Morgan fingerprint density at radius 3 is 2.86 bits per heavy atom. The summed E-state index contributed by atoms with van der Waals surface area (Å²) in [6.07, 6.45) is 2.20. The van der Waals surface area contributed by atoms with Gasteiger partial charge in [0, 0.05) is 17.2 Å². The van der Waals surface area contributed by atoms with Crippen LogP contribution in [-0.2, 0) is 11.2 Å². The van der Waals surface area contributed by atoms with E-state index in [0.717, 1.165) is 12.8 Å². The van der Waals surface area contributed by atoms with Gasteiger partial charge in [0.25, 0.3) is 5.56 Å². The lowest BCUT2D eigenvalue weighted by Crippen LogP contribution is -2.29. The van der Waals surface area contributed by atoms with Crippen LogP contribution in [0.3, 0.4) is 0 Å². The summed E-state index contributed by atoms with van der Waals surface area (Å²) in [6, 6.07) is -0.379. The van der Waals surface area contributed by atoms with Gasteiger partial charge in [0.15, 0.2) is 5.82 Å². The molecule has 8 heteroatoms. The smallest absolute Gasteiger partial charge is 0.267 e. The highest BCUT2D eigenvalue weighted by molar-refractivity contribution is 5.79. The van der Waals surface area contributed by atoms with Crippen LogP contribution in [0.4, 0.5) is 0 Å². The Morgan fingerprint density at radius 2 is 2.24 bits per heavy atom. The molecule has 0 aliphatic heterocycles. The minimum absolute atomic E-state index is 0.0125. The fourth-order valence-corrected chi connectivity index (χ4v) is 2.13. The molecule has 1 saturated carbocycles. The van der Waals surface area contributed by atoms with Gasteiger partial charge >= 0.3 is 0 Å². The molecule has 21 heavy (non-hydrogen) atoms. The summed E-state index contributed by atoms with van der Waals surface area (Å²) in [5.41, 5.74) is 0.824. The molecule has 0 saturated heterocycles. The van der Waals surface area contributed by atoms with E-state index in [0.29, 0.717) is 28.9 Å². The maximum absolute atomic E-state index is 12.0. The van der Waals surface area contributed by atoms with Gasteiger partial charge in [-0.2, -0.15) is 4.98 Å². The molecule has 0 spiro atoms. The van der Waals surface area contributed by atoms with E-state index in [1.54, 1.807) is 13.8 Å². The van der Waals surface area contributed by atoms with Crippen molar-refractivity contribution in [1.29, 1.82) is 0 Å². The molecule has 2 heterocycles. The summed E-state index contributed by atoms with van der Waals surface area (Å²) in [5, 5.41) is 11.8.